The van der Waals surface area contributed by atoms with Crippen molar-refractivity contribution in [2.24, 2.45) is 11.5 Å². The zero-order chi connectivity index (χ0) is 19.0. The molecule has 0 bridgehead atoms. The molecular weight excluding hydrogens is 324 g/mol. The summed E-state index contributed by atoms with van der Waals surface area (Å²) in [7, 11) is 0. The lowest BCUT2D eigenvalue weighted by Crippen LogP contribution is -2.37. The molecule has 8 nitrogen and oxygen atoms in total. The number of primary amides is 1. The molecule has 3 amide bonds. The summed E-state index contributed by atoms with van der Waals surface area (Å²) in [5.74, 6) is -0.770. The fraction of sp³-hybridized carbons (Fsp3) is 0.471. The summed E-state index contributed by atoms with van der Waals surface area (Å²) in [6.07, 6.45) is 0.942. The maximum Gasteiger partial charge on any atom is 0.338 e. The van der Waals surface area contributed by atoms with Crippen LogP contribution in [0.5, 0.6) is 0 Å². The van der Waals surface area contributed by atoms with Gasteiger partial charge in [0.2, 0.25) is 5.91 Å². The van der Waals surface area contributed by atoms with Crippen molar-refractivity contribution in [2.75, 3.05) is 11.9 Å². The van der Waals surface area contributed by atoms with E-state index < -0.39 is 23.6 Å². The van der Waals surface area contributed by atoms with Crippen LogP contribution in [0.2, 0.25) is 0 Å². The molecule has 0 heterocycles. The Hall–Kier alpha value is -2.61. The minimum atomic E-state index is -0.708. The molecule has 0 fully saturated rings. The van der Waals surface area contributed by atoms with Gasteiger partial charge in [-0.2, -0.15) is 0 Å². The molecule has 0 aliphatic carbocycles. The number of ether oxygens (including phenoxy) is 1. The predicted molar refractivity (Wildman–Crippen MR) is 95.0 cm³/mol. The molecule has 0 aromatic heterocycles. The quantitative estimate of drug-likeness (QED) is 0.435. The summed E-state index contributed by atoms with van der Waals surface area (Å²) in [6.45, 7) is 5.74. The van der Waals surface area contributed by atoms with Gasteiger partial charge in [-0.1, -0.05) is 0 Å². The molecule has 6 N–H and O–H groups in total. The van der Waals surface area contributed by atoms with E-state index >= 15 is 0 Å². The van der Waals surface area contributed by atoms with Gasteiger partial charge in [-0.05, 0) is 57.9 Å². The van der Waals surface area contributed by atoms with Gasteiger partial charge in [0, 0.05) is 12.2 Å². The minimum Gasteiger partial charge on any atom is -0.456 e. The number of urea groups is 1. The topological polar surface area (TPSA) is 137 Å². The van der Waals surface area contributed by atoms with Crippen molar-refractivity contribution < 1.29 is 19.1 Å². The van der Waals surface area contributed by atoms with Gasteiger partial charge in [0.05, 0.1) is 11.6 Å². The van der Waals surface area contributed by atoms with Gasteiger partial charge < -0.3 is 26.8 Å². The summed E-state index contributed by atoms with van der Waals surface area (Å²) >= 11 is 0. The molecule has 8 heteroatoms. The van der Waals surface area contributed by atoms with Crippen molar-refractivity contribution in [3.63, 3.8) is 0 Å². The molecule has 0 aliphatic heterocycles. The van der Waals surface area contributed by atoms with Crippen LogP contribution in [-0.2, 0) is 9.53 Å². The van der Waals surface area contributed by atoms with E-state index in [4.69, 9.17) is 16.2 Å². The van der Waals surface area contributed by atoms with E-state index in [0.29, 0.717) is 30.6 Å². The third-order valence-electron chi connectivity index (χ3n) is 3.11. The molecule has 0 unspecified atom stereocenters. The molecule has 0 aliphatic rings. The summed E-state index contributed by atoms with van der Waals surface area (Å²) in [5.41, 5.74) is 11.1. The Morgan fingerprint density at radius 2 is 1.76 bits per heavy atom. The molecule has 1 aromatic carbocycles. The first-order chi connectivity index (χ1) is 11.6. The van der Waals surface area contributed by atoms with Crippen molar-refractivity contribution >= 4 is 23.6 Å². The Bertz CT molecular complexity index is 608. The fourth-order valence-corrected chi connectivity index (χ4v) is 1.93. The second kappa shape index (κ2) is 9.03. The third-order valence-corrected chi connectivity index (χ3v) is 3.11. The van der Waals surface area contributed by atoms with E-state index in [-0.39, 0.29) is 5.91 Å². The maximum atomic E-state index is 12.0. The van der Waals surface area contributed by atoms with Crippen LogP contribution in [-0.4, -0.2) is 36.1 Å². The van der Waals surface area contributed by atoms with Gasteiger partial charge in [-0.15, -0.1) is 0 Å². The highest BCUT2D eigenvalue weighted by molar-refractivity contribution is 5.95. The van der Waals surface area contributed by atoms with Crippen molar-refractivity contribution in [3.05, 3.63) is 29.8 Å². The largest absolute Gasteiger partial charge is 0.456 e. The molecule has 1 rings (SSSR count). The lowest BCUT2D eigenvalue weighted by atomic mass is 10.1. The minimum absolute atomic E-state index is 0.343. The van der Waals surface area contributed by atoms with Gasteiger partial charge in [0.15, 0.2) is 0 Å². The van der Waals surface area contributed by atoms with Crippen LogP contribution >= 0.6 is 0 Å². The standard InChI is InChI=1S/C17H26N4O4/c1-17(2,3)25-15(23)11-6-8-12(9-7-11)21-14(22)13(18)5-4-10-20-16(19)24/h6-9,13H,4-5,10,18H2,1-3H3,(H,21,22)(H3,19,20,24)/t13-/m0/s1. The average Bonchev–Trinajstić information content (AvgIpc) is 2.50. The Kier molecular flexibility index (Phi) is 7.38. The van der Waals surface area contributed by atoms with Gasteiger partial charge in [0.1, 0.15) is 5.60 Å². The number of anilines is 1. The van der Waals surface area contributed by atoms with Gasteiger partial charge >= 0.3 is 12.0 Å². The SMILES string of the molecule is CC(C)(C)OC(=O)c1ccc(NC(=O)[C@@H](N)CCCNC(N)=O)cc1. The Balaban J connectivity index is 2.50. The van der Waals surface area contributed by atoms with E-state index in [1.807, 2.05) is 0 Å². The normalized spacial score (nSPS) is 12.2. The van der Waals surface area contributed by atoms with E-state index in [1.165, 1.54) is 0 Å². The monoisotopic (exact) mass is 350 g/mol. The number of nitrogens with one attached hydrogen (secondary N) is 2. The third kappa shape index (κ3) is 8.16. The lowest BCUT2D eigenvalue weighted by Gasteiger charge is -2.19. The summed E-state index contributed by atoms with van der Waals surface area (Å²) < 4.78 is 5.27. The molecule has 0 spiro atoms. The smallest absolute Gasteiger partial charge is 0.338 e. The number of hydrogen-bond donors (Lipinski definition) is 4. The zero-order valence-electron chi connectivity index (χ0n) is 14.8. The van der Waals surface area contributed by atoms with Gasteiger partial charge in [0.25, 0.3) is 0 Å². The van der Waals surface area contributed by atoms with Crippen LogP contribution in [0.15, 0.2) is 24.3 Å². The van der Waals surface area contributed by atoms with Crippen LogP contribution in [0.1, 0.15) is 44.0 Å². The van der Waals surface area contributed by atoms with E-state index in [2.05, 4.69) is 10.6 Å². The summed E-state index contributed by atoms with van der Waals surface area (Å²) in [5, 5.41) is 5.11. The van der Waals surface area contributed by atoms with Crippen LogP contribution < -0.4 is 22.1 Å². The van der Waals surface area contributed by atoms with Crippen molar-refractivity contribution in [2.45, 2.75) is 45.3 Å². The number of benzene rings is 1. The maximum absolute atomic E-state index is 12.0. The molecule has 0 saturated heterocycles. The molecule has 0 radical (unpaired) electrons. The van der Waals surface area contributed by atoms with Crippen molar-refractivity contribution in [1.29, 1.82) is 0 Å². The van der Waals surface area contributed by atoms with Crippen LogP contribution in [0.3, 0.4) is 0 Å². The van der Waals surface area contributed by atoms with E-state index in [9.17, 15) is 14.4 Å². The number of rotatable bonds is 7. The molecule has 0 saturated carbocycles. The number of nitrogens with two attached hydrogens (primary N) is 2. The number of carbonyl (C=O) groups excluding carboxylic acids is 3. The van der Waals surface area contributed by atoms with Crippen LogP contribution in [0, 0.1) is 0 Å². The first-order valence-corrected chi connectivity index (χ1v) is 8.01. The predicted octanol–water partition coefficient (Wildman–Crippen LogP) is 1.36. The highest BCUT2D eigenvalue weighted by atomic mass is 16.6. The second-order valence-electron chi connectivity index (χ2n) is 6.61. The summed E-state index contributed by atoms with van der Waals surface area (Å²) in [6, 6.07) is 5.05. The van der Waals surface area contributed by atoms with Gasteiger partial charge in [-0.3, -0.25) is 4.79 Å². The van der Waals surface area contributed by atoms with Crippen LogP contribution in [0.4, 0.5) is 10.5 Å². The number of hydrogen-bond acceptors (Lipinski definition) is 5. The lowest BCUT2D eigenvalue weighted by molar-refractivity contribution is -0.117. The van der Waals surface area contributed by atoms with Crippen molar-refractivity contribution in [1.82, 2.24) is 5.32 Å². The Morgan fingerprint density at radius 3 is 2.28 bits per heavy atom. The fourth-order valence-electron chi connectivity index (χ4n) is 1.93. The first-order valence-electron chi connectivity index (χ1n) is 8.01. The highest BCUT2D eigenvalue weighted by Gasteiger charge is 2.18. The molecule has 25 heavy (non-hydrogen) atoms. The number of amides is 3. The molecule has 1 aromatic rings. The highest BCUT2D eigenvalue weighted by Crippen LogP contribution is 2.15. The van der Waals surface area contributed by atoms with Gasteiger partial charge in [-0.25, -0.2) is 9.59 Å². The zero-order valence-corrected chi connectivity index (χ0v) is 14.8. The number of carbonyl (C=O) groups is 3. The number of esters is 1. The molecular formula is C17H26N4O4. The molecule has 1 atom stereocenters. The summed E-state index contributed by atoms with van der Waals surface area (Å²) in [4.78, 5) is 34.5. The van der Waals surface area contributed by atoms with E-state index in [0.717, 1.165) is 0 Å². The van der Waals surface area contributed by atoms with Crippen molar-refractivity contribution in [3.8, 4) is 0 Å². The van der Waals surface area contributed by atoms with E-state index in [1.54, 1.807) is 45.0 Å². The first kappa shape index (κ1) is 20.4. The van der Waals surface area contributed by atoms with Crippen LogP contribution in [0.25, 0.3) is 0 Å². The Labute approximate surface area is 147 Å². The Morgan fingerprint density at radius 1 is 1.16 bits per heavy atom. The second-order valence-corrected chi connectivity index (χ2v) is 6.61. The average molecular weight is 350 g/mol. The molecule has 138 valence electrons.